The van der Waals surface area contributed by atoms with E-state index in [-0.39, 0.29) is 12.2 Å². The maximum absolute atomic E-state index is 9.40. The van der Waals surface area contributed by atoms with Gasteiger partial charge in [-0.2, -0.15) is 0 Å². The number of methoxy groups -OCH3 is 1. The van der Waals surface area contributed by atoms with Gasteiger partial charge in [0.25, 0.3) is 0 Å². The van der Waals surface area contributed by atoms with Gasteiger partial charge in [0.2, 0.25) is 0 Å². The van der Waals surface area contributed by atoms with E-state index in [0.717, 1.165) is 25.9 Å². The van der Waals surface area contributed by atoms with Crippen molar-refractivity contribution in [2.75, 3.05) is 27.2 Å². The molecule has 1 aliphatic heterocycles. The van der Waals surface area contributed by atoms with Crippen molar-refractivity contribution in [1.82, 2.24) is 4.90 Å². The smallest absolute Gasteiger partial charge is 0.0722 e. The Morgan fingerprint density at radius 1 is 1.55 bits per heavy atom. The van der Waals surface area contributed by atoms with Crippen LogP contribution in [0.3, 0.4) is 0 Å². The standard InChI is InChI=1S/C8H17NO2/c1-9-4-3-7(10)5-8(6-9)11-2/h7-8,10H,3-6H2,1-2H3. The van der Waals surface area contributed by atoms with E-state index in [1.807, 2.05) is 0 Å². The summed E-state index contributed by atoms with van der Waals surface area (Å²) in [6, 6.07) is 0. The van der Waals surface area contributed by atoms with Crippen molar-refractivity contribution in [1.29, 1.82) is 0 Å². The van der Waals surface area contributed by atoms with E-state index in [1.54, 1.807) is 7.11 Å². The van der Waals surface area contributed by atoms with Crippen LogP contribution >= 0.6 is 0 Å². The fraction of sp³-hybridized carbons (Fsp3) is 1.00. The maximum atomic E-state index is 9.40. The Kier molecular flexibility index (Phi) is 3.30. The third-order valence-corrected chi connectivity index (χ3v) is 2.23. The lowest BCUT2D eigenvalue weighted by Gasteiger charge is -2.18. The van der Waals surface area contributed by atoms with Crippen LogP contribution in [0.4, 0.5) is 0 Å². The predicted molar refractivity (Wildman–Crippen MR) is 43.5 cm³/mol. The maximum Gasteiger partial charge on any atom is 0.0722 e. The molecule has 0 saturated carbocycles. The predicted octanol–water partition coefficient (Wildman–Crippen LogP) is 0.0879. The molecule has 2 unspecified atom stereocenters. The number of hydrogen-bond acceptors (Lipinski definition) is 3. The Bertz CT molecular complexity index is 107. The summed E-state index contributed by atoms with van der Waals surface area (Å²) in [5, 5.41) is 9.40. The summed E-state index contributed by atoms with van der Waals surface area (Å²) >= 11 is 0. The molecule has 0 radical (unpaired) electrons. The zero-order valence-electron chi connectivity index (χ0n) is 7.29. The largest absolute Gasteiger partial charge is 0.393 e. The van der Waals surface area contributed by atoms with Crippen molar-refractivity contribution in [2.24, 2.45) is 0 Å². The molecule has 1 rings (SSSR count). The van der Waals surface area contributed by atoms with Gasteiger partial charge < -0.3 is 14.7 Å². The molecule has 3 heteroatoms. The molecule has 1 N–H and O–H groups in total. The van der Waals surface area contributed by atoms with Gasteiger partial charge in [0, 0.05) is 26.6 Å². The molecule has 0 aromatic rings. The van der Waals surface area contributed by atoms with Crippen LogP contribution in [0, 0.1) is 0 Å². The molecule has 66 valence electrons. The summed E-state index contributed by atoms with van der Waals surface area (Å²) in [6.07, 6.45) is 1.68. The van der Waals surface area contributed by atoms with Gasteiger partial charge in [-0.05, 0) is 13.5 Å². The van der Waals surface area contributed by atoms with Crippen molar-refractivity contribution < 1.29 is 9.84 Å². The lowest BCUT2D eigenvalue weighted by Crippen LogP contribution is -2.28. The van der Waals surface area contributed by atoms with E-state index in [2.05, 4.69) is 11.9 Å². The van der Waals surface area contributed by atoms with E-state index in [0.29, 0.717) is 0 Å². The molecule has 1 saturated heterocycles. The molecule has 0 spiro atoms. The zero-order chi connectivity index (χ0) is 8.27. The van der Waals surface area contributed by atoms with Gasteiger partial charge in [-0.3, -0.25) is 0 Å². The van der Waals surface area contributed by atoms with Crippen molar-refractivity contribution in [3.63, 3.8) is 0 Å². The van der Waals surface area contributed by atoms with Crippen molar-refractivity contribution in [3.8, 4) is 0 Å². The fourth-order valence-corrected chi connectivity index (χ4v) is 1.47. The highest BCUT2D eigenvalue weighted by Gasteiger charge is 2.20. The molecular formula is C8H17NO2. The molecule has 11 heavy (non-hydrogen) atoms. The van der Waals surface area contributed by atoms with Gasteiger partial charge >= 0.3 is 0 Å². The average molecular weight is 159 g/mol. The molecule has 1 fully saturated rings. The fourth-order valence-electron chi connectivity index (χ4n) is 1.47. The molecule has 0 aromatic carbocycles. The SMILES string of the molecule is COC1CC(O)CCN(C)C1. The minimum Gasteiger partial charge on any atom is -0.393 e. The van der Waals surface area contributed by atoms with Crippen LogP contribution in [0.2, 0.25) is 0 Å². The number of aliphatic hydroxyl groups excluding tert-OH is 1. The van der Waals surface area contributed by atoms with Gasteiger partial charge in [-0.1, -0.05) is 0 Å². The number of likely N-dealkylation sites (N-methyl/N-ethyl adjacent to an activating group) is 1. The molecular weight excluding hydrogens is 142 g/mol. The molecule has 3 nitrogen and oxygen atoms in total. The normalized spacial score (nSPS) is 35.2. The monoisotopic (exact) mass is 159 g/mol. The van der Waals surface area contributed by atoms with Gasteiger partial charge in [0.15, 0.2) is 0 Å². The van der Waals surface area contributed by atoms with Crippen LogP contribution < -0.4 is 0 Å². The van der Waals surface area contributed by atoms with E-state index >= 15 is 0 Å². The molecule has 0 aliphatic carbocycles. The lowest BCUT2D eigenvalue weighted by atomic mass is 10.1. The summed E-state index contributed by atoms with van der Waals surface area (Å²) in [6.45, 7) is 1.91. The third kappa shape index (κ3) is 2.77. The first-order valence-electron chi connectivity index (χ1n) is 4.11. The lowest BCUT2D eigenvalue weighted by molar-refractivity contribution is 0.0468. The highest BCUT2D eigenvalue weighted by molar-refractivity contribution is 4.73. The summed E-state index contributed by atoms with van der Waals surface area (Å²) in [4.78, 5) is 2.20. The number of aliphatic hydroxyl groups is 1. The average Bonchev–Trinajstić information content (AvgIpc) is 2.13. The molecule has 1 heterocycles. The van der Waals surface area contributed by atoms with Crippen LogP contribution in [0.5, 0.6) is 0 Å². The van der Waals surface area contributed by atoms with Crippen LogP contribution in [0.25, 0.3) is 0 Å². The van der Waals surface area contributed by atoms with E-state index < -0.39 is 0 Å². The Labute approximate surface area is 68.0 Å². The first kappa shape index (κ1) is 8.97. The highest BCUT2D eigenvalue weighted by atomic mass is 16.5. The number of likely N-dealkylation sites (tertiary alicyclic amines) is 1. The van der Waals surface area contributed by atoms with E-state index in [9.17, 15) is 5.11 Å². The van der Waals surface area contributed by atoms with Crippen molar-refractivity contribution >= 4 is 0 Å². The van der Waals surface area contributed by atoms with Crippen LogP contribution in [0.1, 0.15) is 12.8 Å². The van der Waals surface area contributed by atoms with Crippen LogP contribution in [0.15, 0.2) is 0 Å². The third-order valence-electron chi connectivity index (χ3n) is 2.23. The first-order valence-corrected chi connectivity index (χ1v) is 4.11. The second-order valence-corrected chi connectivity index (χ2v) is 3.30. The minimum absolute atomic E-state index is 0.176. The summed E-state index contributed by atoms with van der Waals surface area (Å²) in [5.41, 5.74) is 0. The van der Waals surface area contributed by atoms with Crippen molar-refractivity contribution in [2.45, 2.75) is 25.0 Å². The number of hydrogen-bond donors (Lipinski definition) is 1. The number of rotatable bonds is 1. The second-order valence-electron chi connectivity index (χ2n) is 3.30. The Morgan fingerprint density at radius 3 is 2.91 bits per heavy atom. The number of nitrogens with zero attached hydrogens (tertiary/aromatic N) is 1. The molecule has 2 atom stereocenters. The Morgan fingerprint density at radius 2 is 2.27 bits per heavy atom. The van der Waals surface area contributed by atoms with Gasteiger partial charge in [0.1, 0.15) is 0 Å². The first-order chi connectivity index (χ1) is 5.22. The number of ether oxygens (including phenoxy) is 1. The minimum atomic E-state index is -0.176. The molecule has 0 aromatic heterocycles. The van der Waals surface area contributed by atoms with Crippen molar-refractivity contribution in [3.05, 3.63) is 0 Å². The Hall–Kier alpha value is -0.120. The topological polar surface area (TPSA) is 32.7 Å². The molecule has 0 amide bonds. The Balaban J connectivity index is 2.41. The van der Waals surface area contributed by atoms with Crippen LogP contribution in [-0.4, -0.2) is 49.5 Å². The van der Waals surface area contributed by atoms with Crippen LogP contribution in [-0.2, 0) is 4.74 Å². The molecule has 1 aliphatic rings. The summed E-state index contributed by atoms with van der Waals surface area (Å²) < 4.78 is 5.21. The molecule has 0 bridgehead atoms. The van der Waals surface area contributed by atoms with E-state index in [1.165, 1.54) is 0 Å². The highest BCUT2D eigenvalue weighted by Crippen LogP contribution is 2.11. The zero-order valence-corrected chi connectivity index (χ0v) is 7.29. The summed E-state index contributed by atoms with van der Waals surface area (Å²) in [5.74, 6) is 0. The van der Waals surface area contributed by atoms with E-state index in [4.69, 9.17) is 4.74 Å². The van der Waals surface area contributed by atoms with Gasteiger partial charge in [-0.15, -0.1) is 0 Å². The quantitative estimate of drug-likeness (QED) is 0.588. The second kappa shape index (κ2) is 4.04. The van der Waals surface area contributed by atoms with Gasteiger partial charge in [0.05, 0.1) is 12.2 Å². The van der Waals surface area contributed by atoms with Gasteiger partial charge in [-0.25, -0.2) is 0 Å². The summed E-state index contributed by atoms with van der Waals surface area (Å²) in [7, 11) is 3.76.